The van der Waals surface area contributed by atoms with Crippen molar-refractivity contribution in [2.45, 2.75) is 83.0 Å². The molecule has 6 rings (SSSR count). The van der Waals surface area contributed by atoms with Gasteiger partial charge in [0.15, 0.2) is 5.89 Å². The lowest BCUT2D eigenvalue weighted by Crippen LogP contribution is -2.43. The third-order valence-electron chi connectivity index (χ3n) is 10.2. The predicted octanol–water partition coefficient (Wildman–Crippen LogP) is 7.69. The van der Waals surface area contributed by atoms with Gasteiger partial charge in [-0.15, -0.1) is 0 Å². The molecule has 230 valence electrons. The van der Waals surface area contributed by atoms with E-state index in [2.05, 4.69) is 12.1 Å². The van der Waals surface area contributed by atoms with Gasteiger partial charge in [-0.3, -0.25) is 9.59 Å². The van der Waals surface area contributed by atoms with Crippen LogP contribution in [-0.2, 0) is 9.59 Å². The molecular weight excluding hydrogens is 554 g/mol. The highest BCUT2D eigenvalue weighted by Gasteiger charge is 2.41. The Morgan fingerprint density at radius 3 is 2.43 bits per heavy atom. The summed E-state index contributed by atoms with van der Waals surface area (Å²) in [6.07, 6.45) is 10.1. The Balaban J connectivity index is 1.20. The van der Waals surface area contributed by atoms with Crippen molar-refractivity contribution in [3.05, 3.63) is 65.7 Å². The maximum Gasteiger partial charge on any atom is 0.309 e. The van der Waals surface area contributed by atoms with Crippen LogP contribution in [0.15, 0.2) is 53.1 Å². The Labute approximate surface area is 259 Å². The average molecular weight is 596 g/mol. The summed E-state index contributed by atoms with van der Waals surface area (Å²) in [5.41, 5.74) is 3.53. The maximum absolute atomic E-state index is 14.2. The van der Waals surface area contributed by atoms with E-state index in [1.54, 1.807) is 20.3 Å². The summed E-state index contributed by atoms with van der Waals surface area (Å²) < 4.78 is 11.1. The number of aromatic nitrogens is 1. The first kappa shape index (κ1) is 29.9. The highest BCUT2D eigenvalue weighted by molar-refractivity contribution is 5.96. The van der Waals surface area contributed by atoms with Gasteiger partial charge in [0.25, 0.3) is 0 Å². The number of carboxylic acid groups (broad SMARTS) is 1. The van der Waals surface area contributed by atoms with Gasteiger partial charge in [0, 0.05) is 29.6 Å². The molecule has 8 nitrogen and oxygen atoms in total. The average Bonchev–Trinajstić information content (AvgIpc) is 3.79. The number of hydrogen-bond donors (Lipinski definition) is 1. The van der Waals surface area contributed by atoms with E-state index in [-0.39, 0.29) is 11.8 Å². The monoisotopic (exact) mass is 595 g/mol. The number of carbonyl (C=O) groups is 2. The van der Waals surface area contributed by atoms with Crippen molar-refractivity contribution >= 4 is 17.6 Å². The fraction of sp³-hybridized carbons (Fsp3) is 0.500. The molecule has 1 heterocycles. The number of hydrogen-bond acceptors (Lipinski definition) is 6. The number of anilines is 1. The molecule has 3 aliphatic carbocycles. The lowest BCUT2D eigenvalue weighted by molar-refractivity contribution is -0.151. The second kappa shape index (κ2) is 12.5. The first-order valence-corrected chi connectivity index (χ1v) is 16.0. The molecule has 0 aliphatic heterocycles. The first-order valence-electron chi connectivity index (χ1n) is 16.0. The van der Waals surface area contributed by atoms with Gasteiger partial charge >= 0.3 is 5.97 Å². The fourth-order valence-corrected chi connectivity index (χ4v) is 7.03. The van der Waals surface area contributed by atoms with E-state index in [0.717, 1.165) is 61.4 Å². The number of aliphatic carboxylic acids is 1. The minimum atomic E-state index is -0.776. The number of nitriles is 1. The number of carbonyl (C=O) groups excluding carboxylic acids is 1. The number of amides is 1. The summed E-state index contributed by atoms with van der Waals surface area (Å²) in [6.45, 7) is 2.42. The maximum atomic E-state index is 14.2. The summed E-state index contributed by atoms with van der Waals surface area (Å²) in [4.78, 5) is 32.8. The molecule has 0 unspecified atom stereocenters. The lowest BCUT2D eigenvalue weighted by atomic mass is 9.71. The molecule has 3 aromatic rings. The number of ether oxygens (including phenoxy) is 1. The van der Waals surface area contributed by atoms with Crippen molar-refractivity contribution in [1.29, 1.82) is 5.26 Å². The quantitative estimate of drug-likeness (QED) is 0.270. The number of rotatable bonds is 9. The minimum Gasteiger partial charge on any atom is -0.495 e. The predicted molar refractivity (Wildman–Crippen MR) is 166 cm³/mol. The highest BCUT2D eigenvalue weighted by Crippen LogP contribution is 2.43. The highest BCUT2D eigenvalue weighted by atomic mass is 16.5. The standard InChI is InChI=1S/C36H41N3O5/c1-36(35(41)42)16-14-26(15-17-36)34(40)39(30-5-3-4-28(19-30)31-22-44-33(38-31)25-10-11-25)21-23-6-8-24(9-7-23)27-12-13-32(43-2)29(18-27)20-37/h3-5,12-13,18-19,22-26H,6-11,14-17,21H2,1-2H3,(H,41,42). The number of carboxylic acids is 1. The van der Waals surface area contributed by atoms with Crippen molar-refractivity contribution in [1.82, 2.24) is 4.98 Å². The van der Waals surface area contributed by atoms with Crippen LogP contribution in [-0.4, -0.2) is 35.6 Å². The fourth-order valence-electron chi connectivity index (χ4n) is 7.03. The second-order valence-electron chi connectivity index (χ2n) is 13.3. The largest absolute Gasteiger partial charge is 0.495 e. The molecule has 2 aromatic carbocycles. The number of nitrogens with zero attached hydrogens (tertiary/aromatic N) is 3. The molecule has 1 N–H and O–H groups in total. The normalized spacial score (nSPS) is 25.2. The molecule has 0 atom stereocenters. The van der Waals surface area contributed by atoms with Crippen molar-refractivity contribution in [3.63, 3.8) is 0 Å². The Bertz CT molecular complexity index is 1550. The Morgan fingerprint density at radius 2 is 1.77 bits per heavy atom. The Morgan fingerprint density at radius 1 is 1.05 bits per heavy atom. The van der Waals surface area contributed by atoms with E-state index >= 15 is 0 Å². The van der Waals surface area contributed by atoms with E-state index in [4.69, 9.17) is 14.1 Å². The molecule has 0 bridgehead atoms. The van der Waals surface area contributed by atoms with Gasteiger partial charge < -0.3 is 19.2 Å². The van der Waals surface area contributed by atoms with E-state index < -0.39 is 11.4 Å². The van der Waals surface area contributed by atoms with Crippen LogP contribution in [0.1, 0.15) is 100.0 Å². The second-order valence-corrected chi connectivity index (χ2v) is 13.3. The van der Waals surface area contributed by atoms with Gasteiger partial charge in [0.05, 0.1) is 18.1 Å². The van der Waals surface area contributed by atoms with Crippen LogP contribution in [0.3, 0.4) is 0 Å². The van der Waals surface area contributed by atoms with Gasteiger partial charge in [-0.25, -0.2) is 4.98 Å². The summed E-state index contributed by atoms with van der Waals surface area (Å²) >= 11 is 0. The van der Waals surface area contributed by atoms with Crippen molar-refractivity contribution in [2.24, 2.45) is 17.3 Å². The van der Waals surface area contributed by atoms with Crippen molar-refractivity contribution in [2.75, 3.05) is 18.6 Å². The minimum absolute atomic E-state index is 0.0874. The van der Waals surface area contributed by atoms with Gasteiger partial charge in [-0.1, -0.05) is 18.2 Å². The van der Waals surface area contributed by atoms with Crippen molar-refractivity contribution < 1.29 is 23.8 Å². The van der Waals surface area contributed by atoms with E-state index in [0.29, 0.717) is 61.3 Å². The molecule has 44 heavy (non-hydrogen) atoms. The summed E-state index contributed by atoms with van der Waals surface area (Å²) in [7, 11) is 1.58. The van der Waals surface area contributed by atoms with Gasteiger partial charge in [-0.2, -0.15) is 5.26 Å². The topological polar surface area (TPSA) is 117 Å². The third kappa shape index (κ3) is 6.24. The smallest absolute Gasteiger partial charge is 0.309 e. The van der Waals surface area contributed by atoms with Gasteiger partial charge in [0.2, 0.25) is 5.91 Å². The SMILES string of the molecule is COc1ccc(C2CCC(CN(C(=O)C3CCC(C)(C(=O)O)CC3)c3cccc(-c4coc(C5CC5)n4)c3)CC2)cc1C#N. The molecule has 1 amide bonds. The van der Waals surface area contributed by atoms with Crippen LogP contribution >= 0.6 is 0 Å². The Kier molecular flexibility index (Phi) is 8.48. The lowest BCUT2D eigenvalue weighted by Gasteiger charge is -2.38. The zero-order chi connectivity index (χ0) is 30.8. The number of oxazole rings is 1. The molecule has 0 saturated heterocycles. The molecule has 8 heteroatoms. The molecule has 3 saturated carbocycles. The van der Waals surface area contributed by atoms with Crippen LogP contribution < -0.4 is 9.64 Å². The first-order chi connectivity index (χ1) is 21.3. The van der Waals surface area contributed by atoms with Crippen LogP contribution in [0.25, 0.3) is 11.3 Å². The zero-order valence-electron chi connectivity index (χ0n) is 25.6. The zero-order valence-corrected chi connectivity index (χ0v) is 25.6. The third-order valence-corrected chi connectivity index (χ3v) is 10.2. The molecule has 3 fully saturated rings. The molecule has 0 spiro atoms. The molecule has 1 aromatic heterocycles. The van der Waals surface area contributed by atoms with Gasteiger partial charge in [0.1, 0.15) is 23.8 Å². The Hall–Kier alpha value is -4.12. The van der Waals surface area contributed by atoms with E-state index in [1.807, 2.05) is 41.3 Å². The molecular formula is C36H41N3O5. The van der Waals surface area contributed by atoms with Crippen LogP contribution in [0, 0.1) is 28.6 Å². The van der Waals surface area contributed by atoms with E-state index in [1.165, 1.54) is 5.56 Å². The summed E-state index contributed by atoms with van der Waals surface area (Å²) in [5.74, 6) is 1.64. The van der Waals surface area contributed by atoms with Crippen LogP contribution in [0.4, 0.5) is 5.69 Å². The molecule has 0 radical (unpaired) electrons. The van der Waals surface area contributed by atoms with Gasteiger partial charge in [-0.05, 0) is 113 Å². The summed E-state index contributed by atoms with van der Waals surface area (Å²) in [5, 5.41) is 19.3. The number of methoxy groups -OCH3 is 1. The number of benzene rings is 2. The molecule has 3 aliphatic rings. The van der Waals surface area contributed by atoms with Crippen molar-refractivity contribution in [3.8, 4) is 23.1 Å². The van der Waals surface area contributed by atoms with E-state index in [9.17, 15) is 20.0 Å². The van der Waals surface area contributed by atoms with Crippen LogP contribution in [0.2, 0.25) is 0 Å². The van der Waals surface area contributed by atoms with Crippen LogP contribution in [0.5, 0.6) is 5.75 Å². The summed E-state index contributed by atoms with van der Waals surface area (Å²) in [6, 6.07) is 16.2.